The molecular weight excluding hydrogens is 316 g/mol. The van der Waals surface area contributed by atoms with E-state index in [0.29, 0.717) is 17.2 Å². The molecule has 100 valence electrons. The Balaban J connectivity index is 1.97. The van der Waals surface area contributed by atoms with Gasteiger partial charge >= 0.3 is 0 Å². The zero-order chi connectivity index (χ0) is 13.4. The Morgan fingerprint density at radius 3 is 2.37 bits per heavy atom. The van der Waals surface area contributed by atoms with Crippen molar-refractivity contribution in [2.75, 3.05) is 0 Å². The highest BCUT2D eigenvalue weighted by Gasteiger charge is 2.29. The molecule has 1 aliphatic rings. The summed E-state index contributed by atoms with van der Waals surface area (Å²) in [7, 11) is 0. The van der Waals surface area contributed by atoms with Crippen molar-refractivity contribution >= 4 is 15.9 Å². The largest absolute Gasteiger partial charge is 0.311 e. The molecule has 3 nitrogen and oxygen atoms in total. The average molecular weight is 328 g/mol. The fourth-order valence-corrected chi connectivity index (χ4v) is 2.57. The number of aromatic nitrogens is 3. The van der Waals surface area contributed by atoms with Gasteiger partial charge in [-0.15, -0.1) is 10.2 Å². The van der Waals surface area contributed by atoms with Gasteiger partial charge in [-0.2, -0.15) is 0 Å². The monoisotopic (exact) mass is 327 g/mol. The van der Waals surface area contributed by atoms with Crippen LogP contribution in [0.15, 0.2) is 18.2 Å². The smallest absolute Gasteiger partial charge is 0.143 e. The highest BCUT2D eigenvalue weighted by molar-refractivity contribution is 9.08. The van der Waals surface area contributed by atoms with Crippen molar-refractivity contribution in [3.63, 3.8) is 0 Å². The highest BCUT2D eigenvalue weighted by Crippen LogP contribution is 2.37. The molecule has 3 rings (SSSR count). The number of benzene rings is 1. The standard InChI is InChI=1S/C13H12BrF2N3/c14-7-13-18-17-12(19(13)8-4-5-8)6-9-10(15)2-1-3-11(9)16/h1-3,8H,4-7H2. The van der Waals surface area contributed by atoms with E-state index in [1.54, 1.807) is 0 Å². The lowest BCUT2D eigenvalue weighted by atomic mass is 10.1. The zero-order valence-corrected chi connectivity index (χ0v) is 11.7. The molecule has 1 aliphatic carbocycles. The second-order valence-electron chi connectivity index (χ2n) is 4.64. The van der Waals surface area contributed by atoms with Gasteiger partial charge in [0.15, 0.2) is 0 Å². The first-order valence-corrected chi connectivity index (χ1v) is 7.24. The molecule has 0 N–H and O–H groups in total. The summed E-state index contributed by atoms with van der Waals surface area (Å²) in [6.07, 6.45) is 2.28. The molecule has 0 spiro atoms. The Morgan fingerprint density at radius 2 is 1.79 bits per heavy atom. The lowest BCUT2D eigenvalue weighted by Gasteiger charge is -2.08. The predicted octanol–water partition coefficient (Wildman–Crippen LogP) is 3.38. The number of nitrogens with zero attached hydrogens (tertiary/aromatic N) is 3. The van der Waals surface area contributed by atoms with E-state index in [0.717, 1.165) is 18.7 Å². The van der Waals surface area contributed by atoms with Crippen LogP contribution in [-0.2, 0) is 11.8 Å². The second-order valence-corrected chi connectivity index (χ2v) is 5.20. The van der Waals surface area contributed by atoms with Crippen LogP contribution >= 0.6 is 15.9 Å². The van der Waals surface area contributed by atoms with Crippen molar-refractivity contribution in [3.05, 3.63) is 47.0 Å². The van der Waals surface area contributed by atoms with Crippen molar-refractivity contribution in [2.24, 2.45) is 0 Å². The predicted molar refractivity (Wildman–Crippen MR) is 70.1 cm³/mol. The van der Waals surface area contributed by atoms with Crippen LogP contribution in [0.1, 0.15) is 36.1 Å². The third kappa shape index (κ3) is 2.41. The molecule has 0 bridgehead atoms. The van der Waals surface area contributed by atoms with E-state index in [4.69, 9.17) is 0 Å². The lowest BCUT2D eigenvalue weighted by molar-refractivity contribution is 0.554. The van der Waals surface area contributed by atoms with Crippen LogP contribution < -0.4 is 0 Å². The number of alkyl halides is 1. The zero-order valence-electron chi connectivity index (χ0n) is 10.1. The van der Waals surface area contributed by atoms with Crippen molar-refractivity contribution < 1.29 is 8.78 Å². The van der Waals surface area contributed by atoms with Crippen LogP contribution in [0.5, 0.6) is 0 Å². The van der Waals surface area contributed by atoms with Crippen molar-refractivity contribution in [2.45, 2.75) is 30.6 Å². The minimum atomic E-state index is -0.536. The number of rotatable bonds is 4. The van der Waals surface area contributed by atoms with Crippen molar-refractivity contribution in [1.29, 1.82) is 0 Å². The van der Waals surface area contributed by atoms with Crippen LogP contribution in [0, 0.1) is 11.6 Å². The molecular formula is C13H12BrF2N3. The maximum atomic E-state index is 13.7. The Bertz CT molecular complexity index is 588. The molecule has 1 heterocycles. The normalized spacial score (nSPS) is 14.9. The van der Waals surface area contributed by atoms with Gasteiger partial charge in [0.05, 0.1) is 5.33 Å². The second kappa shape index (κ2) is 5.00. The summed E-state index contributed by atoms with van der Waals surface area (Å²) in [5.74, 6) is 0.367. The molecule has 0 saturated heterocycles. The van der Waals surface area contributed by atoms with Gasteiger partial charge in [-0.3, -0.25) is 0 Å². The van der Waals surface area contributed by atoms with Crippen molar-refractivity contribution in [1.82, 2.24) is 14.8 Å². The first-order valence-electron chi connectivity index (χ1n) is 6.12. The van der Waals surface area contributed by atoms with Gasteiger partial charge in [0.1, 0.15) is 23.3 Å². The van der Waals surface area contributed by atoms with E-state index < -0.39 is 11.6 Å². The van der Waals surface area contributed by atoms with E-state index in [1.807, 2.05) is 4.57 Å². The SMILES string of the molecule is Fc1cccc(F)c1Cc1nnc(CBr)n1C1CC1. The average Bonchev–Trinajstić information content (AvgIpc) is 3.15. The van der Waals surface area contributed by atoms with Gasteiger partial charge in [-0.25, -0.2) is 8.78 Å². The molecule has 1 saturated carbocycles. The van der Waals surface area contributed by atoms with Gasteiger partial charge in [-0.05, 0) is 25.0 Å². The Morgan fingerprint density at radius 1 is 1.16 bits per heavy atom. The third-order valence-electron chi connectivity index (χ3n) is 3.27. The Kier molecular flexibility index (Phi) is 3.35. The molecule has 0 radical (unpaired) electrons. The topological polar surface area (TPSA) is 30.7 Å². The molecule has 1 fully saturated rings. The maximum absolute atomic E-state index is 13.7. The number of halogens is 3. The molecule has 0 amide bonds. The van der Waals surface area contributed by atoms with Gasteiger partial charge in [-0.1, -0.05) is 22.0 Å². The quantitative estimate of drug-likeness (QED) is 0.806. The van der Waals surface area contributed by atoms with E-state index in [2.05, 4.69) is 26.1 Å². The van der Waals surface area contributed by atoms with Crippen LogP contribution in [-0.4, -0.2) is 14.8 Å². The molecule has 2 aromatic rings. The summed E-state index contributed by atoms with van der Waals surface area (Å²) in [5.41, 5.74) is 0.0536. The van der Waals surface area contributed by atoms with Crippen LogP contribution in [0.3, 0.4) is 0 Å². The first kappa shape index (κ1) is 12.7. The molecule has 19 heavy (non-hydrogen) atoms. The number of hydrogen-bond acceptors (Lipinski definition) is 2. The Hall–Kier alpha value is -1.30. The molecule has 0 atom stereocenters. The highest BCUT2D eigenvalue weighted by atomic mass is 79.9. The number of hydrogen-bond donors (Lipinski definition) is 0. The van der Waals surface area contributed by atoms with Gasteiger partial charge in [0.2, 0.25) is 0 Å². The summed E-state index contributed by atoms with van der Waals surface area (Å²) in [6, 6.07) is 4.28. The van der Waals surface area contributed by atoms with Gasteiger partial charge in [0, 0.05) is 18.0 Å². The maximum Gasteiger partial charge on any atom is 0.143 e. The summed E-state index contributed by atoms with van der Waals surface area (Å²) >= 11 is 3.36. The van der Waals surface area contributed by atoms with E-state index >= 15 is 0 Å². The van der Waals surface area contributed by atoms with Crippen molar-refractivity contribution in [3.8, 4) is 0 Å². The fraction of sp³-hybridized carbons (Fsp3) is 0.385. The molecule has 0 aliphatic heterocycles. The van der Waals surface area contributed by atoms with E-state index in [-0.39, 0.29) is 12.0 Å². The minimum Gasteiger partial charge on any atom is -0.311 e. The summed E-state index contributed by atoms with van der Waals surface area (Å²) in [4.78, 5) is 0. The summed E-state index contributed by atoms with van der Waals surface area (Å²) < 4.78 is 29.3. The molecule has 6 heteroatoms. The van der Waals surface area contributed by atoms with Gasteiger partial charge < -0.3 is 4.57 Å². The fourth-order valence-electron chi connectivity index (χ4n) is 2.19. The van der Waals surface area contributed by atoms with Crippen LogP contribution in [0.25, 0.3) is 0 Å². The Labute approximate surface area is 117 Å². The first-order chi connectivity index (χ1) is 9.20. The molecule has 1 aromatic carbocycles. The summed E-state index contributed by atoms with van der Waals surface area (Å²) in [6.45, 7) is 0. The van der Waals surface area contributed by atoms with Crippen LogP contribution in [0.2, 0.25) is 0 Å². The minimum absolute atomic E-state index is 0.0536. The lowest BCUT2D eigenvalue weighted by Crippen LogP contribution is -2.07. The van der Waals surface area contributed by atoms with Crippen LogP contribution in [0.4, 0.5) is 8.78 Å². The van der Waals surface area contributed by atoms with Gasteiger partial charge in [0.25, 0.3) is 0 Å². The molecule has 0 unspecified atom stereocenters. The third-order valence-corrected chi connectivity index (χ3v) is 3.77. The van der Waals surface area contributed by atoms with E-state index in [9.17, 15) is 8.78 Å². The van der Waals surface area contributed by atoms with E-state index in [1.165, 1.54) is 18.2 Å². The molecule has 1 aromatic heterocycles. The summed E-state index contributed by atoms with van der Waals surface area (Å²) in [5, 5.41) is 8.74.